The second-order valence-electron chi connectivity index (χ2n) is 5.95. The molecule has 0 aliphatic carbocycles. The van der Waals surface area contributed by atoms with Crippen molar-refractivity contribution in [1.29, 1.82) is 0 Å². The van der Waals surface area contributed by atoms with Crippen molar-refractivity contribution in [3.05, 3.63) is 47.2 Å². The number of ether oxygens (including phenoxy) is 1. The number of hydrogen-bond acceptors (Lipinski definition) is 6. The zero-order valence-electron chi connectivity index (χ0n) is 13.7. The van der Waals surface area contributed by atoms with E-state index in [1.807, 2.05) is 25.3 Å². The molecule has 4 rings (SSSR count). The first kappa shape index (κ1) is 14.9. The Hall–Kier alpha value is -2.67. The molecule has 1 aliphatic heterocycles. The van der Waals surface area contributed by atoms with Gasteiger partial charge in [0.25, 0.3) is 0 Å². The average molecular weight is 325 g/mol. The van der Waals surface area contributed by atoms with E-state index in [2.05, 4.69) is 25.1 Å². The van der Waals surface area contributed by atoms with Crippen LogP contribution in [0.5, 0.6) is 5.88 Å². The second-order valence-corrected chi connectivity index (χ2v) is 5.95. The van der Waals surface area contributed by atoms with Crippen LogP contribution in [0, 0.1) is 6.92 Å². The Morgan fingerprint density at radius 1 is 1.33 bits per heavy atom. The number of aromatic nitrogens is 4. The van der Waals surface area contributed by atoms with Crippen LogP contribution in [0.2, 0.25) is 0 Å². The van der Waals surface area contributed by atoms with Crippen LogP contribution in [0.4, 0.5) is 0 Å². The maximum atomic E-state index is 5.72. The molecular weight excluding hydrogens is 306 g/mol. The van der Waals surface area contributed by atoms with Crippen LogP contribution in [0.25, 0.3) is 11.5 Å². The van der Waals surface area contributed by atoms with Crippen molar-refractivity contribution in [1.82, 2.24) is 25.1 Å². The zero-order valence-corrected chi connectivity index (χ0v) is 13.7. The number of aryl methyl sites for hydroxylation is 1. The lowest BCUT2D eigenvalue weighted by Gasteiger charge is -2.28. The first-order valence-corrected chi connectivity index (χ1v) is 7.92. The molecule has 7 heteroatoms. The molecule has 0 saturated carbocycles. The molecule has 0 saturated heterocycles. The molecule has 7 nitrogen and oxygen atoms in total. The predicted octanol–water partition coefficient (Wildman–Crippen LogP) is 2.34. The lowest BCUT2D eigenvalue weighted by Crippen LogP contribution is -2.31. The van der Waals surface area contributed by atoms with E-state index in [9.17, 15) is 0 Å². The molecule has 24 heavy (non-hydrogen) atoms. The molecule has 0 bridgehead atoms. The molecule has 1 N–H and O–H groups in total. The van der Waals surface area contributed by atoms with Crippen LogP contribution in [0.1, 0.15) is 22.6 Å². The number of furan rings is 1. The third-order valence-electron chi connectivity index (χ3n) is 4.33. The fourth-order valence-corrected chi connectivity index (χ4v) is 3.14. The summed E-state index contributed by atoms with van der Waals surface area (Å²) in [5, 5.41) is 7.24. The molecule has 0 aromatic carbocycles. The average Bonchev–Trinajstić information content (AvgIpc) is 3.23. The van der Waals surface area contributed by atoms with Crippen molar-refractivity contribution in [3.63, 3.8) is 0 Å². The lowest BCUT2D eigenvalue weighted by molar-refractivity contribution is 0.236. The van der Waals surface area contributed by atoms with Crippen LogP contribution in [-0.2, 0) is 19.5 Å². The summed E-state index contributed by atoms with van der Waals surface area (Å²) in [6, 6.07) is 3.92. The lowest BCUT2D eigenvalue weighted by atomic mass is 10.1. The summed E-state index contributed by atoms with van der Waals surface area (Å²) >= 11 is 0. The third kappa shape index (κ3) is 2.67. The smallest absolute Gasteiger partial charge is 0.220 e. The van der Waals surface area contributed by atoms with Gasteiger partial charge in [0.1, 0.15) is 17.8 Å². The van der Waals surface area contributed by atoms with Gasteiger partial charge >= 0.3 is 0 Å². The van der Waals surface area contributed by atoms with E-state index < -0.39 is 0 Å². The van der Waals surface area contributed by atoms with E-state index in [1.54, 1.807) is 13.4 Å². The minimum absolute atomic E-state index is 0.666. The van der Waals surface area contributed by atoms with Crippen molar-refractivity contribution in [2.75, 3.05) is 13.7 Å². The Morgan fingerprint density at radius 2 is 2.25 bits per heavy atom. The van der Waals surface area contributed by atoms with Gasteiger partial charge in [0.2, 0.25) is 5.88 Å². The van der Waals surface area contributed by atoms with Gasteiger partial charge < -0.3 is 9.15 Å². The van der Waals surface area contributed by atoms with Crippen LogP contribution in [0.15, 0.2) is 29.1 Å². The van der Waals surface area contributed by atoms with Crippen molar-refractivity contribution < 1.29 is 9.15 Å². The highest BCUT2D eigenvalue weighted by atomic mass is 16.5. The molecule has 4 heterocycles. The number of methoxy groups -OCH3 is 1. The fourth-order valence-electron chi connectivity index (χ4n) is 3.14. The highest BCUT2D eigenvalue weighted by Crippen LogP contribution is 2.28. The van der Waals surface area contributed by atoms with E-state index in [1.165, 1.54) is 0 Å². The van der Waals surface area contributed by atoms with E-state index in [-0.39, 0.29) is 0 Å². The van der Waals surface area contributed by atoms with Gasteiger partial charge in [0, 0.05) is 37.2 Å². The quantitative estimate of drug-likeness (QED) is 0.793. The van der Waals surface area contributed by atoms with E-state index >= 15 is 0 Å². The molecule has 0 spiro atoms. The van der Waals surface area contributed by atoms with Crippen LogP contribution < -0.4 is 4.74 Å². The number of fused-ring (bicyclic) bond motifs is 1. The van der Waals surface area contributed by atoms with Crippen LogP contribution >= 0.6 is 0 Å². The number of nitrogens with zero attached hydrogens (tertiary/aromatic N) is 4. The summed E-state index contributed by atoms with van der Waals surface area (Å²) in [6.07, 6.45) is 4.32. The number of rotatable bonds is 4. The van der Waals surface area contributed by atoms with E-state index in [0.29, 0.717) is 5.88 Å². The summed E-state index contributed by atoms with van der Waals surface area (Å²) < 4.78 is 11.1. The molecule has 1 aliphatic rings. The summed E-state index contributed by atoms with van der Waals surface area (Å²) in [5.74, 6) is 2.37. The maximum Gasteiger partial charge on any atom is 0.220 e. The molecule has 0 amide bonds. The Balaban J connectivity index is 1.56. The highest BCUT2D eigenvalue weighted by molar-refractivity contribution is 5.56. The third-order valence-corrected chi connectivity index (χ3v) is 4.33. The second kappa shape index (κ2) is 6.09. The highest BCUT2D eigenvalue weighted by Gasteiger charge is 2.23. The largest absolute Gasteiger partial charge is 0.481 e. The van der Waals surface area contributed by atoms with Gasteiger partial charge in [-0.2, -0.15) is 5.10 Å². The van der Waals surface area contributed by atoms with Gasteiger partial charge in [-0.05, 0) is 19.1 Å². The minimum atomic E-state index is 0.666. The first-order valence-electron chi connectivity index (χ1n) is 7.92. The fraction of sp³-hybridized carbons (Fsp3) is 0.353. The Kier molecular flexibility index (Phi) is 3.78. The molecule has 0 radical (unpaired) electrons. The van der Waals surface area contributed by atoms with E-state index in [4.69, 9.17) is 9.15 Å². The van der Waals surface area contributed by atoms with Gasteiger partial charge in [-0.15, -0.1) is 0 Å². The Morgan fingerprint density at radius 3 is 3.04 bits per heavy atom. The Labute approximate surface area is 139 Å². The SMILES string of the molecule is COc1ncnc2c1CN(Cc1cn[nH]c1-c1ccc(C)o1)CC2. The van der Waals surface area contributed by atoms with Crippen molar-refractivity contribution in [2.24, 2.45) is 0 Å². The maximum absolute atomic E-state index is 5.72. The number of H-pyrrole nitrogens is 1. The van der Waals surface area contributed by atoms with Gasteiger partial charge in [0.05, 0.1) is 19.0 Å². The number of nitrogens with one attached hydrogen (secondary N) is 1. The van der Waals surface area contributed by atoms with Crippen LogP contribution in [0.3, 0.4) is 0 Å². The van der Waals surface area contributed by atoms with Gasteiger partial charge in [-0.25, -0.2) is 9.97 Å². The monoisotopic (exact) mass is 325 g/mol. The molecule has 3 aromatic heterocycles. The van der Waals surface area contributed by atoms with Crippen molar-refractivity contribution in [3.8, 4) is 17.3 Å². The standard InChI is InChI=1S/C17H19N5O2/c1-11-3-4-15(24-11)16-12(7-20-21-16)8-22-6-5-14-13(9-22)17(23-2)19-10-18-14/h3-4,7,10H,5-6,8-9H2,1-2H3,(H,20,21). The zero-order chi connectivity index (χ0) is 16.5. The van der Waals surface area contributed by atoms with Gasteiger partial charge in [-0.1, -0.05) is 0 Å². The molecule has 3 aromatic rings. The summed E-state index contributed by atoms with van der Waals surface area (Å²) in [6.45, 7) is 4.42. The molecule has 0 unspecified atom stereocenters. The van der Waals surface area contributed by atoms with Gasteiger partial charge in [0.15, 0.2) is 5.76 Å². The van der Waals surface area contributed by atoms with Crippen molar-refractivity contribution >= 4 is 0 Å². The minimum Gasteiger partial charge on any atom is -0.481 e. The first-order chi connectivity index (χ1) is 11.7. The topological polar surface area (TPSA) is 80.1 Å². The van der Waals surface area contributed by atoms with Gasteiger partial charge in [-0.3, -0.25) is 10.00 Å². The molecule has 124 valence electrons. The Bertz CT molecular complexity index is 840. The summed E-state index contributed by atoms with van der Waals surface area (Å²) in [5.41, 5.74) is 4.20. The summed E-state index contributed by atoms with van der Waals surface area (Å²) in [7, 11) is 1.65. The predicted molar refractivity (Wildman–Crippen MR) is 87.4 cm³/mol. The number of aromatic amines is 1. The summed E-state index contributed by atoms with van der Waals surface area (Å²) in [4.78, 5) is 10.9. The molecular formula is C17H19N5O2. The normalized spacial score (nSPS) is 14.6. The molecule has 0 atom stereocenters. The van der Waals surface area contributed by atoms with Crippen molar-refractivity contribution in [2.45, 2.75) is 26.4 Å². The number of hydrogen-bond donors (Lipinski definition) is 1. The molecule has 0 fully saturated rings. The van der Waals surface area contributed by atoms with Crippen LogP contribution in [-0.4, -0.2) is 38.7 Å². The van der Waals surface area contributed by atoms with E-state index in [0.717, 1.165) is 60.1 Å².